The third-order valence-electron chi connectivity index (χ3n) is 5.32. The summed E-state index contributed by atoms with van der Waals surface area (Å²) in [6.45, 7) is 6.00. The molecule has 3 aromatic rings. The van der Waals surface area contributed by atoms with Gasteiger partial charge >= 0.3 is 0 Å². The van der Waals surface area contributed by atoms with Gasteiger partial charge in [-0.05, 0) is 67.8 Å². The first-order valence-electron chi connectivity index (χ1n) is 11.0. The van der Waals surface area contributed by atoms with Crippen LogP contribution in [0.2, 0.25) is 0 Å². The van der Waals surface area contributed by atoms with E-state index in [9.17, 15) is 13.2 Å². The van der Waals surface area contributed by atoms with Crippen LogP contribution in [0.3, 0.4) is 0 Å². The smallest absolute Gasteiger partial charge is 0.264 e. The molecule has 1 amide bonds. The van der Waals surface area contributed by atoms with Gasteiger partial charge in [0, 0.05) is 0 Å². The van der Waals surface area contributed by atoms with Crippen molar-refractivity contribution < 1.29 is 17.9 Å². The molecule has 33 heavy (non-hydrogen) atoms. The summed E-state index contributed by atoms with van der Waals surface area (Å²) in [5.41, 5.74) is 2.56. The van der Waals surface area contributed by atoms with Crippen LogP contribution in [0.15, 0.2) is 83.8 Å². The molecule has 7 heteroatoms. The van der Waals surface area contributed by atoms with Crippen molar-refractivity contribution in [3.63, 3.8) is 0 Å². The van der Waals surface area contributed by atoms with E-state index in [1.807, 2.05) is 38.1 Å². The summed E-state index contributed by atoms with van der Waals surface area (Å²) < 4.78 is 33.4. The van der Waals surface area contributed by atoms with Crippen LogP contribution in [-0.2, 0) is 21.2 Å². The first-order chi connectivity index (χ1) is 15.8. The Morgan fingerprint density at radius 1 is 0.939 bits per heavy atom. The van der Waals surface area contributed by atoms with Crippen LogP contribution in [-0.4, -0.2) is 27.5 Å². The van der Waals surface area contributed by atoms with Gasteiger partial charge in [-0.3, -0.25) is 9.10 Å². The van der Waals surface area contributed by atoms with E-state index in [0.717, 1.165) is 16.3 Å². The molecular formula is C26H30N2O4S. The molecule has 0 aliphatic heterocycles. The van der Waals surface area contributed by atoms with E-state index < -0.39 is 15.9 Å². The number of aryl methyl sites for hydroxylation is 1. The molecule has 0 aromatic heterocycles. The van der Waals surface area contributed by atoms with Gasteiger partial charge < -0.3 is 10.1 Å². The Morgan fingerprint density at radius 2 is 1.58 bits per heavy atom. The highest BCUT2D eigenvalue weighted by atomic mass is 32.2. The number of anilines is 1. The lowest BCUT2D eigenvalue weighted by Crippen LogP contribution is -2.41. The zero-order valence-corrected chi connectivity index (χ0v) is 20.0. The van der Waals surface area contributed by atoms with Gasteiger partial charge in [0.25, 0.3) is 10.0 Å². The molecule has 3 aromatic carbocycles. The van der Waals surface area contributed by atoms with Crippen LogP contribution >= 0.6 is 0 Å². The highest BCUT2D eigenvalue weighted by Crippen LogP contribution is 2.26. The van der Waals surface area contributed by atoms with E-state index in [1.165, 1.54) is 17.7 Å². The molecule has 0 unspecified atom stereocenters. The second kappa shape index (κ2) is 11.0. The fraction of sp³-hybridized carbons (Fsp3) is 0.269. The van der Waals surface area contributed by atoms with Crippen molar-refractivity contribution in [1.82, 2.24) is 5.32 Å². The quantitative estimate of drug-likeness (QED) is 0.469. The van der Waals surface area contributed by atoms with E-state index in [4.69, 9.17) is 4.74 Å². The van der Waals surface area contributed by atoms with Crippen molar-refractivity contribution >= 4 is 21.6 Å². The number of carbonyl (C=O) groups excluding carboxylic acids is 1. The van der Waals surface area contributed by atoms with Crippen molar-refractivity contribution in [3.05, 3.63) is 90.0 Å². The van der Waals surface area contributed by atoms with Crippen LogP contribution in [0, 0.1) is 0 Å². The number of nitrogens with zero attached hydrogens (tertiary/aromatic N) is 1. The Morgan fingerprint density at radius 3 is 2.15 bits per heavy atom. The molecule has 174 valence electrons. The number of ether oxygens (including phenoxy) is 1. The third kappa shape index (κ3) is 6.14. The molecule has 1 N–H and O–H groups in total. The second-order valence-electron chi connectivity index (χ2n) is 7.64. The zero-order chi connectivity index (χ0) is 23.8. The maximum absolute atomic E-state index is 13.4. The predicted octanol–water partition coefficient (Wildman–Crippen LogP) is 4.72. The zero-order valence-electron chi connectivity index (χ0n) is 19.2. The molecule has 0 aliphatic rings. The average molecular weight is 467 g/mol. The van der Waals surface area contributed by atoms with Crippen LogP contribution in [0.1, 0.15) is 37.9 Å². The van der Waals surface area contributed by atoms with E-state index in [1.54, 1.807) is 42.5 Å². The number of rotatable bonds is 10. The highest BCUT2D eigenvalue weighted by molar-refractivity contribution is 7.92. The average Bonchev–Trinajstić information content (AvgIpc) is 2.84. The lowest BCUT2D eigenvalue weighted by Gasteiger charge is -2.25. The topological polar surface area (TPSA) is 75.7 Å². The molecule has 1 atom stereocenters. The lowest BCUT2D eigenvalue weighted by atomic mass is 10.1. The second-order valence-corrected chi connectivity index (χ2v) is 9.50. The van der Waals surface area contributed by atoms with Gasteiger partial charge in [0.05, 0.1) is 23.2 Å². The van der Waals surface area contributed by atoms with E-state index in [-0.39, 0.29) is 17.5 Å². The molecule has 0 saturated heterocycles. The summed E-state index contributed by atoms with van der Waals surface area (Å²) in [5.74, 6) is 0.238. The molecule has 0 saturated carbocycles. The summed E-state index contributed by atoms with van der Waals surface area (Å²) >= 11 is 0. The van der Waals surface area contributed by atoms with Crippen LogP contribution in [0.25, 0.3) is 0 Å². The minimum Gasteiger partial charge on any atom is -0.494 e. The van der Waals surface area contributed by atoms with Crippen molar-refractivity contribution in [2.75, 3.05) is 17.5 Å². The monoisotopic (exact) mass is 466 g/mol. The first-order valence-corrected chi connectivity index (χ1v) is 12.5. The van der Waals surface area contributed by atoms with E-state index in [2.05, 4.69) is 12.2 Å². The number of sulfonamides is 1. The predicted molar refractivity (Wildman–Crippen MR) is 131 cm³/mol. The Kier molecular flexibility index (Phi) is 8.11. The SMILES string of the molecule is CCOc1ccc(N(CC(=O)N[C@@H](C)c2ccc(CC)cc2)S(=O)(=O)c2ccccc2)cc1. The number of hydrogen-bond acceptors (Lipinski definition) is 4. The molecule has 0 bridgehead atoms. The molecule has 0 fully saturated rings. The number of amides is 1. The van der Waals surface area contributed by atoms with Gasteiger partial charge in [0.1, 0.15) is 12.3 Å². The number of hydrogen-bond donors (Lipinski definition) is 1. The van der Waals surface area contributed by atoms with Crippen LogP contribution in [0.5, 0.6) is 5.75 Å². The lowest BCUT2D eigenvalue weighted by molar-refractivity contribution is -0.120. The Labute approximate surface area is 196 Å². The minimum atomic E-state index is -3.95. The van der Waals surface area contributed by atoms with Gasteiger partial charge in [0.2, 0.25) is 5.91 Å². The summed E-state index contributed by atoms with van der Waals surface area (Å²) in [5, 5.41) is 2.92. The third-order valence-corrected chi connectivity index (χ3v) is 7.11. The maximum Gasteiger partial charge on any atom is 0.264 e. The van der Waals surface area contributed by atoms with Crippen LogP contribution < -0.4 is 14.4 Å². The standard InChI is InChI=1S/C26H30N2O4S/c1-4-21-11-13-22(14-12-21)20(3)27-26(29)19-28(23-15-17-24(18-16-23)32-5-2)33(30,31)25-9-7-6-8-10-25/h6-18,20H,4-5,19H2,1-3H3,(H,27,29)/t20-/m0/s1. The molecular weight excluding hydrogens is 436 g/mol. The number of nitrogens with one attached hydrogen (secondary N) is 1. The number of carbonyl (C=O) groups is 1. The molecule has 0 heterocycles. The van der Waals surface area contributed by atoms with Crippen molar-refractivity contribution in [3.8, 4) is 5.75 Å². The van der Waals surface area contributed by atoms with Crippen molar-refractivity contribution in [2.24, 2.45) is 0 Å². The Bertz CT molecular complexity index is 1150. The molecule has 6 nitrogen and oxygen atoms in total. The van der Waals surface area contributed by atoms with Gasteiger partial charge in [-0.25, -0.2) is 8.42 Å². The summed E-state index contributed by atoms with van der Waals surface area (Å²) in [6.07, 6.45) is 0.940. The summed E-state index contributed by atoms with van der Waals surface area (Å²) in [4.78, 5) is 13.1. The van der Waals surface area contributed by atoms with Crippen molar-refractivity contribution in [1.29, 1.82) is 0 Å². The summed E-state index contributed by atoms with van der Waals surface area (Å²) in [7, 11) is -3.95. The van der Waals surface area contributed by atoms with Gasteiger partial charge in [-0.1, -0.05) is 49.4 Å². The Balaban J connectivity index is 1.84. The maximum atomic E-state index is 13.4. The Hall–Kier alpha value is -3.32. The molecule has 3 rings (SSSR count). The van der Waals surface area contributed by atoms with Crippen LogP contribution in [0.4, 0.5) is 5.69 Å². The largest absolute Gasteiger partial charge is 0.494 e. The summed E-state index contributed by atoms with van der Waals surface area (Å²) in [6, 6.07) is 22.6. The van der Waals surface area contributed by atoms with Crippen molar-refractivity contribution in [2.45, 2.75) is 38.1 Å². The fourth-order valence-electron chi connectivity index (χ4n) is 3.45. The van der Waals surface area contributed by atoms with Gasteiger partial charge in [-0.2, -0.15) is 0 Å². The molecule has 0 spiro atoms. The number of benzene rings is 3. The minimum absolute atomic E-state index is 0.120. The van der Waals surface area contributed by atoms with E-state index in [0.29, 0.717) is 18.0 Å². The molecule has 0 radical (unpaired) electrons. The first kappa shape index (κ1) is 24.3. The normalized spacial score (nSPS) is 12.1. The van der Waals surface area contributed by atoms with Gasteiger partial charge in [-0.15, -0.1) is 0 Å². The molecule has 0 aliphatic carbocycles. The highest BCUT2D eigenvalue weighted by Gasteiger charge is 2.27. The van der Waals surface area contributed by atoms with Gasteiger partial charge in [0.15, 0.2) is 0 Å². The fourth-order valence-corrected chi connectivity index (χ4v) is 4.89. The van der Waals surface area contributed by atoms with E-state index >= 15 is 0 Å².